The molecular weight excluding hydrogens is 469 g/mol. The van der Waals surface area contributed by atoms with E-state index in [1.807, 2.05) is 0 Å². The highest BCUT2D eigenvalue weighted by Gasteiger charge is 2.25. The average Bonchev–Trinajstić information content (AvgIpc) is 3.43. The minimum atomic E-state index is -0.738. The van der Waals surface area contributed by atoms with E-state index in [9.17, 15) is 0 Å². The second kappa shape index (κ2) is 10.9. The van der Waals surface area contributed by atoms with Crippen LogP contribution < -0.4 is 15.9 Å². The van der Waals surface area contributed by atoms with Gasteiger partial charge >= 0.3 is 0 Å². The van der Waals surface area contributed by atoms with Crippen LogP contribution in [0.25, 0.3) is 11.1 Å². The molecule has 0 saturated heterocycles. The predicted octanol–water partition coefficient (Wildman–Crippen LogP) is 6.50. The van der Waals surface area contributed by atoms with Gasteiger partial charge in [-0.3, -0.25) is 0 Å². The summed E-state index contributed by atoms with van der Waals surface area (Å²) in [5.74, 6) is 0.745. The summed E-state index contributed by atoms with van der Waals surface area (Å²) in [5, 5.41) is 4.01. The Bertz CT molecular complexity index is 1460. The van der Waals surface area contributed by atoms with Crippen LogP contribution in [0.1, 0.15) is 11.1 Å². The molecule has 0 amide bonds. The fourth-order valence-electron chi connectivity index (χ4n) is 4.94. The molecule has 6 rings (SSSR count). The summed E-state index contributed by atoms with van der Waals surface area (Å²) in [7, 11) is -0.738. The Hall–Kier alpha value is -4.00. The summed E-state index contributed by atoms with van der Waals surface area (Å²) < 4.78 is 6.21. The van der Waals surface area contributed by atoms with Crippen LogP contribution in [0.5, 0.6) is 0 Å². The van der Waals surface area contributed by atoms with E-state index in [1.165, 1.54) is 27.0 Å². The minimum Gasteiger partial charge on any atom is -0.475 e. The van der Waals surface area contributed by atoms with Crippen LogP contribution in [-0.4, -0.2) is 18.5 Å². The largest absolute Gasteiger partial charge is 0.475 e. The lowest BCUT2D eigenvalue weighted by atomic mass is 9.99. The molecule has 1 heterocycles. The predicted molar refractivity (Wildman–Crippen MR) is 157 cm³/mol. The summed E-state index contributed by atoms with van der Waals surface area (Å²) in [5.41, 5.74) is 4.74. The number of rotatable bonds is 7. The van der Waals surface area contributed by atoms with Crippen molar-refractivity contribution in [3.05, 3.63) is 151 Å². The first-order valence-corrected chi connectivity index (χ1v) is 14.0. The summed E-state index contributed by atoms with van der Waals surface area (Å²) >= 11 is 0. The third-order valence-corrected chi connectivity index (χ3v) is 9.15. The number of hydrogen-bond acceptors (Lipinski definition) is 2. The Balaban J connectivity index is 1.42. The summed E-state index contributed by atoms with van der Waals surface area (Å²) in [6.07, 6.45) is 0.885. The number of ether oxygens (including phenoxy) is 1. The van der Waals surface area contributed by atoms with Crippen molar-refractivity contribution in [1.82, 2.24) is 0 Å². The molecule has 1 aliphatic rings. The molecule has 0 saturated carbocycles. The maximum absolute atomic E-state index is 6.21. The minimum absolute atomic E-state index is 0.131. The molecule has 5 aromatic rings. The number of benzene rings is 5. The second-order valence-electron chi connectivity index (χ2n) is 9.16. The monoisotopic (exact) mass is 497 g/mol. The Kier molecular flexibility index (Phi) is 6.92. The SMILES string of the molecule is c1ccc(C[C@@H]2COC(c3ccccc3-c3ccccc3P(c3ccccc3)c3ccccc3)=N2)cc1. The zero-order chi connectivity index (χ0) is 24.9. The van der Waals surface area contributed by atoms with E-state index in [4.69, 9.17) is 9.73 Å². The zero-order valence-corrected chi connectivity index (χ0v) is 21.5. The highest BCUT2D eigenvalue weighted by molar-refractivity contribution is 7.80. The van der Waals surface area contributed by atoms with Crippen molar-refractivity contribution < 1.29 is 4.74 Å². The Labute approximate surface area is 220 Å². The topological polar surface area (TPSA) is 21.6 Å². The number of nitrogens with zero attached hydrogens (tertiary/aromatic N) is 1. The normalized spacial score (nSPS) is 14.8. The fourth-order valence-corrected chi connectivity index (χ4v) is 7.40. The Morgan fingerprint density at radius 3 is 1.73 bits per heavy atom. The molecule has 0 aliphatic carbocycles. The number of aliphatic imine (C=N–C) groups is 1. The Morgan fingerprint density at radius 2 is 1.08 bits per heavy atom. The molecule has 37 heavy (non-hydrogen) atoms. The molecule has 0 radical (unpaired) electrons. The van der Waals surface area contributed by atoms with Crippen molar-refractivity contribution in [2.24, 2.45) is 4.99 Å². The van der Waals surface area contributed by atoms with Gasteiger partial charge in [0.1, 0.15) is 6.61 Å². The van der Waals surface area contributed by atoms with Crippen LogP contribution in [0.3, 0.4) is 0 Å². The summed E-state index contributed by atoms with van der Waals surface area (Å²) in [6.45, 7) is 0.612. The fraction of sp³-hybridized carbons (Fsp3) is 0.0882. The van der Waals surface area contributed by atoms with Gasteiger partial charge in [0.05, 0.1) is 6.04 Å². The first-order chi connectivity index (χ1) is 18.4. The van der Waals surface area contributed by atoms with Crippen LogP contribution >= 0.6 is 7.92 Å². The van der Waals surface area contributed by atoms with Gasteiger partial charge in [0.15, 0.2) is 0 Å². The molecule has 5 aromatic carbocycles. The zero-order valence-electron chi connectivity index (χ0n) is 20.6. The van der Waals surface area contributed by atoms with Gasteiger partial charge in [0.25, 0.3) is 0 Å². The molecule has 1 atom stereocenters. The van der Waals surface area contributed by atoms with E-state index in [0.717, 1.165) is 23.4 Å². The van der Waals surface area contributed by atoms with Crippen LogP contribution in [0.15, 0.2) is 145 Å². The average molecular weight is 498 g/mol. The highest BCUT2D eigenvalue weighted by atomic mass is 31.1. The van der Waals surface area contributed by atoms with E-state index in [-0.39, 0.29) is 6.04 Å². The maximum Gasteiger partial charge on any atom is 0.217 e. The molecule has 3 heteroatoms. The molecular formula is C34H28NOP. The van der Waals surface area contributed by atoms with Crippen molar-refractivity contribution in [1.29, 1.82) is 0 Å². The van der Waals surface area contributed by atoms with Gasteiger partial charge in [-0.2, -0.15) is 0 Å². The molecule has 1 aliphatic heterocycles. The van der Waals surface area contributed by atoms with E-state index in [2.05, 4.69) is 140 Å². The van der Waals surface area contributed by atoms with Crippen LogP contribution in [-0.2, 0) is 11.2 Å². The van der Waals surface area contributed by atoms with Crippen LogP contribution in [0.2, 0.25) is 0 Å². The Morgan fingerprint density at radius 1 is 0.568 bits per heavy atom. The molecule has 0 spiro atoms. The molecule has 0 aromatic heterocycles. The van der Waals surface area contributed by atoms with Gasteiger partial charge in [0, 0.05) is 5.56 Å². The first kappa shape index (κ1) is 23.4. The molecule has 2 nitrogen and oxygen atoms in total. The van der Waals surface area contributed by atoms with Gasteiger partial charge in [-0.15, -0.1) is 0 Å². The van der Waals surface area contributed by atoms with Crippen molar-refractivity contribution in [2.45, 2.75) is 12.5 Å². The number of hydrogen-bond donors (Lipinski definition) is 0. The summed E-state index contributed by atoms with van der Waals surface area (Å²) in [6, 6.07) is 49.7. The van der Waals surface area contributed by atoms with Gasteiger partial charge < -0.3 is 4.74 Å². The molecule has 0 unspecified atom stereocenters. The van der Waals surface area contributed by atoms with E-state index in [0.29, 0.717) is 6.61 Å². The lowest BCUT2D eigenvalue weighted by molar-refractivity contribution is 0.317. The van der Waals surface area contributed by atoms with Crippen LogP contribution in [0.4, 0.5) is 0 Å². The van der Waals surface area contributed by atoms with Crippen molar-refractivity contribution in [3.63, 3.8) is 0 Å². The quantitative estimate of drug-likeness (QED) is 0.235. The van der Waals surface area contributed by atoms with E-state index < -0.39 is 7.92 Å². The van der Waals surface area contributed by atoms with Gasteiger partial charge in [-0.1, -0.05) is 133 Å². The van der Waals surface area contributed by atoms with Crippen molar-refractivity contribution >= 4 is 29.7 Å². The first-order valence-electron chi connectivity index (χ1n) is 12.7. The summed E-state index contributed by atoms with van der Waals surface area (Å²) in [4.78, 5) is 5.03. The molecule has 180 valence electrons. The van der Waals surface area contributed by atoms with Crippen LogP contribution in [0, 0.1) is 0 Å². The van der Waals surface area contributed by atoms with Crippen molar-refractivity contribution in [2.75, 3.05) is 6.61 Å². The third-order valence-electron chi connectivity index (χ3n) is 6.65. The molecule has 0 bridgehead atoms. The van der Waals surface area contributed by atoms with E-state index in [1.54, 1.807) is 0 Å². The second-order valence-corrected chi connectivity index (χ2v) is 11.3. The standard InChI is InChI=1S/C34H28NOP/c1-4-14-26(15-5-1)24-27-25-36-34(35-27)32-22-11-10-20-30(32)31-21-12-13-23-33(31)37(28-16-6-2-7-17-28)29-18-8-3-9-19-29/h1-23,27H,24-25H2/t27-/m1/s1. The van der Waals surface area contributed by atoms with Gasteiger partial charge in [-0.05, 0) is 53.0 Å². The van der Waals surface area contributed by atoms with E-state index >= 15 is 0 Å². The van der Waals surface area contributed by atoms with Gasteiger partial charge in [-0.25, -0.2) is 4.99 Å². The smallest absolute Gasteiger partial charge is 0.217 e. The molecule has 0 fully saturated rings. The lowest BCUT2D eigenvalue weighted by Crippen LogP contribution is -2.22. The molecule has 0 N–H and O–H groups in total. The maximum atomic E-state index is 6.21. The highest BCUT2D eigenvalue weighted by Crippen LogP contribution is 2.38. The lowest BCUT2D eigenvalue weighted by Gasteiger charge is -2.23. The third kappa shape index (κ3) is 5.12. The van der Waals surface area contributed by atoms with Gasteiger partial charge in [0.2, 0.25) is 5.90 Å². The van der Waals surface area contributed by atoms with Crippen molar-refractivity contribution in [3.8, 4) is 11.1 Å².